The highest BCUT2D eigenvalue weighted by molar-refractivity contribution is 5.86. The second-order valence-electron chi connectivity index (χ2n) is 5.09. The van der Waals surface area contributed by atoms with Crippen LogP contribution in [-0.2, 0) is 9.59 Å². The highest BCUT2D eigenvalue weighted by Crippen LogP contribution is 2.26. The van der Waals surface area contributed by atoms with Crippen molar-refractivity contribution < 1.29 is 14.7 Å². The van der Waals surface area contributed by atoms with E-state index in [1.54, 1.807) is 11.9 Å². The third-order valence-electron chi connectivity index (χ3n) is 3.56. The SMILES string of the molecule is CCCC1(C(=O)N(C)CCCC(=O)O)CCCN1. The Morgan fingerprint density at radius 1 is 1.44 bits per heavy atom. The van der Waals surface area contributed by atoms with E-state index in [1.807, 2.05) is 0 Å². The van der Waals surface area contributed by atoms with Crippen LogP contribution in [-0.4, -0.2) is 47.6 Å². The minimum Gasteiger partial charge on any atom is -0.481 e. The Bertz CT molecular complexity index is 299. The van der Waals surface area contributed by atoms with Gasteiger partial charge in [-0.15, -0.1) is 0 Å². The van der Waals surface area contributed by atoms with Gasteiger partial charge in [0.15, 0.2) is 0 Å². The molecule has 0 aromatic carbocycles. The monoisotopic (exact) mass is 256 g/mol. The number of nitrogens with one attached hydrogen (secondary N) is 1. The van der Waals surface area contributed by atoms with Gasteiger partial charge in [-0.2, -0.15) is 0 Å². The zero-order valence-corrected chi connectivity index (χ0v) is 11.4. The standard InChI is InChI=1S/C13H24N2O3/c1-3-7-13(8-5-9-14-13)12(18)15(2)10-4-6-11(16)17/h14H,3-10H2,1-2H3,(H,16,17). The number of carbonyl (C=O) groups excluding carboxylic acids is 1. The van der Waals surface area contributed by atoms with E-state index in [0.29, 0.717) is 13.0 Å². The Morgan fingerprint density at radius 2 is 2.17 bits per heavy atom. The molecule has 18 heavy (non-hydrogen) atoms. The molecule has 2 N–H and O–H groups in total. The second kappa shape index (κ2) is 6.73. The summed E-state index contributed by atoms with van der Waals surface area (Å²) >= 11 is 0. The van der Waals surface area contributed by atoms with Gasteiger partial charge in [0, 0.05) is 20.0 Å². The molecular formula is C13H24N2O3. The van der Waals surface area contributed by atoms with Crippen molar-refractivity contribution in [3.05, 3.63) is 0 Å². The number of rotatable bonds is 7. The summed E-state index contributed by atoms with van der Waals surface area (Å²) in [6.45, 7) is 3.49. The van der Waals surface area contributed by atoms with Crippen LogP contribution in [0.3, 0.4) is 0 Å². The molecule has 5 nitrogen and oxygen atoms in total. The van der Waals surface area contributed by atoms with Crippen molar-refractivity contribution in [2.45, 2.75) is 51.0 Å². The van der Waals surface area contributed by atoms with Crippen molar-refractivity contribution in [2.24, 2.45) is 0 Å². The van der Waals surface area contributed by atoms with Crippen LogP contribution in [0.4, 0.5) is 0 Å². The molecule has 0 saturated carbocycles. The van der Waals surface area contributed by atoms with Crippen molar-refractivity contribution >= 4 is 11.9 Å². The van der Waals surface area contributed by atoms with Crippen molar-refractivity contribution in [3.63, 3.8) is 0 Å². The summed E-state index contributed by atoms with van der Waals surface area (Å²) in [6.07, 6.45) is 4.39. The summed E-state index contributed by atoms with van der Waals surface area (Å²) in [5, 5.41) is 11.9. The predicted octanol–water partition coefficient (Wildman–Crippen LogP) is 1.23. The fourth-order valence-corrected chi connectivity index (χ4v) is 2.67. The number of hydrogen-bond acceptors (Lipinski definition) is 3. The quantitative estimate of drug-likeness (QED) is 0.719. The van der Waals surface area contributed by atoms with E-state index in [4.69, 9.17) is 5.11 Å². The van der Waals surface area contributed by atoms with Gasteiger partial charge in [0.25, 0.3) is 0 Å². The van der Waals surface area contributed by atoms with Crippen LogP contribution in [0.2, 0.25) is 0 Å². The maximum atomic E-state index is 12.4. The lowest BCUT2D eigenvalue weighted by Crippen LogP contribution is -2.54. The first-order chi connectivity index (χ1) is 8.52. The Balaban J connectivity index is 2.52. The van der Waals surface area contributed by atoms with E-state index in [9.17, 15) is 9.59 Å². The first-order valence-corrected chi connectivity index (χ1v) is 6.74. The van der Waals surface area contributed by atoms with Crippen LogP contribution in [0.15, 0.2) is 0 Å². The minimum absolute atomic E-state index is 0.117. The molecule has 1 rings (SSSR count). The Morgan fingerprint density at radius 3 is 2.67 bits per heavy atom. The molecule has 1 saturated heterocycles. The molecule has 1 aliphatic rings. The molecule has 0 aliphatic carbocycles. The summed E-state index contributed by atoms with van der Waals surface area (Å²) in [5.41, 5.74) is -0.396. The lowest BCUT2D eigenvalue weighted by atomic mass is 9.90. The topological polar surface area (TPSA) is 69.6 Å². The Labute approximate surface area is 109 Å². The number of likely N-dealkylation sites (N-methyl/N-ethyl adjacent to an activating group) is 1. The molecule has 0 radical (unpaired) electrons. The van der Waals surface area contributed by atoms with Crippen molar-refractivity contribution in [1.29, 1.82) is 0 Å². The normalized spacial score (nSPS) is 23.0. The maximum absolute atomic E-state index is 12.4. The molecule has 1 aliphatic heterocycles. The fourth-order valence-electron chi connectivity index (χ4n) is 2.67. The van der Waals surface area contributed by atoms with E-state index in [2.05, 4.69) is 12.2 Å². The van der Waals surface area contributed by atoms with Crippen LogP contribution in [0.5, 0.6) is 0 Å². The average Bonchev–Trinajstić information content (AvgIpc) is 2.77. The van der Waals surface area contributed by atoms with Gasteiger partial charge in [0.2, 0.25) is 5.91 Å². The lowest BCUT2D eigenvalue weighted by Gasteiger charge is -2.32. The summed E-state index contributed by atoms with van der Waals surface area (Å²) in [7, 11) is 1.77. The van der Waals surface area contributed by atoms with Crippen LogP contribution in [0.25, 0.3) is 0 Å². The van der Waals surface area contributed by atoms with Gasteiger partial charge in [-0.3, -0.25) is 9.59 Å². The molecular weight excluding hydrogens is 232 g/mol. The number of amides is 1. The average molecular weight is 256 g/mol. The van der Waals surface area contributed by atoms with Gasteiger partial charge in [-0.05, 0) is 32.2 Å². The molecule has 0 aromatic rings. The first kappa shape index (κ1) is 15.0. The molecule has 1 heterocycles. The van der Waals surface area contributed by atoms with Crippen molar-refractivity contribution in [1.82, 2.24) is 10.2 Å². The van der Waals surface area contributed by atoms with E-state index in [0.717, 1.165) is 32.2 Å². The zero-order valence-electron chi connectivity index (χ0n) is 11.4. The molecule has 1 unspecified atom stereocenters. The third-order valence-corrected chi connectivity index (χ3v) is 3.56. The molecule has 0 bridgehead atoms. The lowest BCUT2D eigenvalue weighted by molar-refractivity contribution is -0.139. The summed E-state index contributed by atoms with van der Waals surface area (Å²) in [6, 6.07) is 0. The van der Waals surface area contributed by atoms with Crippen LogP contribution in [0, 0.1) is 0 Å². The summed E-state index contributed by atoms with van der Waals surface area (Å²) < 4.78 is 0. The van der Waals surface area contributed by atoms with Gasteiger partial charge in [0.1, 0.15) is 0 Å². The number of carboxylic acid groups (broad SMARTS) is 1. The van der Waals surface area contributed by atoms with Gasteiger partial charge in [-0.1, -0.05) is 13.3 Å². The molecule has 1 atom stereocenters. The minimum atomic E-state index is -0.807. The molecule has 0 aromatic heterocycles. The molecule has 1 fully saturated rings. The largest absolute Gasteiger partial charge is 0.481 e. The van der Waals surface area contributed by atoms with Crippen molar-refractivity contribution in [3.8, 4) is 0 Å². The predicted molar refractivity (Wildman–Crippen MR) is 69.4 cm³/mol. The zero-order chi connectivity index (χ0) is 13.6. The number of carboxylic acids is 1. The molecule has 0 spiro atoms. The second-order valence-corrected chi connectivity index (χ2v) is 5.09. The molecule has 104 valence electrons. The summed E-state index contributed by atoms with van der Waals surface area (Å²) in [4.78, 5) is 24.6. The summed E-state index contributed by atoms with van der Waals surface area (Å²) in [5.74, 6) is -0.689. The van der Waals surface area contributed by atoms with E-state index >= 15 is 0 Å². The van der Waals surface area contributed by atoms with Crippen LogP contribution in [0.1, 0.15) is 45.4 Å². The van der Waals surface area contributed by atoms with E-state index in [1.165, 1.54) is 0 Å². The Kier molecular flexibility index (Phi) is 5.59. The van der Waals surface area contributed by atoms with Gasteiger partial charge >= 0.3 is 5.97 Å². The van der Waals surface area contributed by atoms with E-state index < -0.39 is 11.5 Å². The smallest absolute Gasteiger partial charge is 0.303 e. The highest BCUT2D eigenvalue weighted by Gasteiger charge is 2.41. The van der Waals surface area contributed by atoms with E-state index in [-0.39, 0.29) is 12.3 Å². The number of carbonyl (C=O) groups is 2. The van der Waals surface area contributed by atoms with Crippen LogP contribution >= 0.6 is 0 Å². The van der Waals surface area contributed by atoms with Gasteiger partial charge in [0.05, 0.1) is 5.54 Å². The van der Waals surface area contributed by atoms with Gasteiger partial charge < -0.3 is 15.3 Å². The van der Waals surface area contributed by atoms with Crippen LogP contribution < -0.4 is 5.32 Å². The fraction of sp³-hybridized carbons (Fsp3) is 0.846. The number of hydrogen-bond donors (Lipinski definition) is 2. The Hall–Kier alpha value is -1.10. The molecule has 1 amide bonds. The number of nitrogens with zero attached hydrogens (tertiary/aromatic N) is 1. The molecule has 5 heteroatoms. The third kappa shape index (κ3) is 3.70. The first-order valence-electron chi connectivity index (χ1n) is 6.74. The van der Waals surface area contributed by atoms with Crippen molar-refractivity contribution in [2.75, 3.05) is 20.1 Å². The van der Waals surface area contributed by atoms with Gasteiger partial charge in [-0.25, -0.2) is 0 Å². The maximum Gasteiger partial charge on any atom is 0.303 e. The number of aliphatic carboxylic acids is 1. The highest BCUT2D eigenvalue weighted by atomic mass is 16.4.